The molecule has 0 saturated carbocycles. The molecule has 0 radical (unpaired) electrons. The van der Waals surface area contributed by atoms with E-state index in [0.29, 0.717) is 18.9 Å². The van der Waals surface area contributed by atoms with Crippen molar-refractivity contribution in [3.63, 3.8) is 0 Å². The number of aromatic nitrogens is 1. The highest BCUT2D eigenvalue weighted by Gasteiger charge is 2.18. The zero-order valence-corrected chi connectivity index (χ0v) is 11.4. The van der Waals surface area contributed by atoms with Crippen molar-refractivity contribution in [3.05, 3.63) is 28.1 Å². The minimum atomic E-state index is -0.540. The molecule has 1 aromatic heterocycles. The quantitative estimate of drug-likeness (QED) is 0.600. The van der Waals surface area contributed by atoms with Crippen molar-refractivity contribution < 1.29 is 9.72 Å². The third-order valence-corrected chi connectivity index (χ3v) is 3.11. The number of hydrogen-bond acceptors (Lipinski definition) is 4. The number of nitrogens with one attached hydrogen (secondary N) is 1. The summed E-state index contributed by atoms with van der Waals surface area (Å²) in [5.41, 5.74) is 6.01. The maximum atomic E-state index is 12.0. The zero-order chi connectivity index (χ0) is 14.6. The van der Waals surface area contributed by atoms with E-state index in [0.717, 1.165) is 0 Å². The Morgan fingerprint density at radius 1 is 1.58 bits per heavy atom. The average Bonchev–Trinajstić information content (AvgIpc) is 2.83. The molecule has 1 unspecified atom stereocenters. The van der Waals surface area contributed by atoms with Crippen LogP contribution in [-0.4, -0.2) is 40.3 Å². The van der Waals surface area contributed by atoms with Gasteiger partial charge in [-0.2, -0.15) is 0 Å². The van der Waals surface area contributed by atoms with Crippen LogP contribution in [0, 0.1) is 16.0 Å². The Balaban J connectivity index is 2.58. The fraction of sp³-hybridized carbons (Fsp3) is 0.583. The van der Waals surface area contributed by atoms with Crippen LogP contribution in [0.5, 0.6) is 0 Å². The number of rotatable bonds is 6. The number of carbonyl (C=O) groups is 1. The minimum absolute atomic E-state index is 0.0354. The number of H-pyrrole nitrogens is 1. The van der Waals surface area contributed by atoms with Gasteiger partial charge < -0.3 is 15.6 Å². The predicted octanol–water partition coefficient (Wildman–Crippen LogP) is 1.37. The van der Waals surface area contributed by atoms with Gasteiger partial charge in [0, 0.05) is 25.7 Å². The molecule has 1 amide bonds. The van der Waals surface area contributed by atoms with Gasteiger partial charge in [0.15, 0.2) is 0 Å². The van der Waals surface area contributed by atoms with Crippen molar-refractivity contribution in [1.82, 2.24) is 9.88 Å². The van der Waals surface area contributed by atoms with E-state index >= 15 is 0 Å². The van der Waals surface area contributed by atoms with Gasteiger partial charge in [0.05, 0.1) is 11.1 Å². The fourth-order valence-electron chi connectivity index (χ4n) is 1.60. The molecule has 0 spiro atoms. The van der Waals surface area contributed by atoms with E-state index in [1.165, 1.54) is 17.2 Å². The predicted molar refractivity (Wildman–Crippen MR) is 71.8 cm³/mol. The molecule has 0 bridgehead atoms. The monoisotopic (exact) mass is 268 g/mol. The number of carbonyl (C=O) groups excluding carboxylic acids is 1. The van der Waals surface area contributed by atoms with Crippen molar-refractivity contribution in [2.45, 2.75) is 26.3 Å². The van der Waals surface area contributed by atoms with E-state index in [9.17, 15) is 14.9 Å². The number of hydrogen-bond donors (Lipinski definition) is 2. The maximum absolute atomic E-state index is 12.0. The normalized spacial score (nSPS) is 12.5. The molecular formula is C12H20N4O3. The largest absolute Gasteiger partial charge is 0.351 e. The molecular weight excluding hydrogens is 248 g/mol. The van der Waals surface area contributed by atoms with Crippen LogP contribution in [0.15, 0.2) is 12.3 Å². The van der Waals surface area contributed by atoms with E-state index in [1.807, 2.05) is 13.8 Å². The van der Waals surface area contributed by atoms with Gasteiger partial charge >= 0.3 is 0 Å². The fourth-order valence-corrected chi connectivity index (χ4v) is 1.60. The van der Waals surface area contributed by atoms with Crippen LogP contribution < -0.4 is 5.73 Å². The summed E-state index contributed by atoms with van der Waals surface area (Å²) < 4.78 is 0. The number of nitrogens with zero attached hydrogens (tertiary/aromatic N) is 2. The van der Waals surface area contributed by atoms with Gasteiger partial charge in [0.25, 0.3) is 11.6 Å². The highest BCUT2D eigenvalue weighted by atomic mass is 16.6. The van der Waals surface area contributed by atoms with Gasteiger partial charge in [-0.05, 0) is 12.3 Å². The van der Waals surface area contributed by atoms with E-state index in [2.05, 4.69) is 4.98 Å². The lowest BCUT2D eigenvalue weighted by atomic mass is 10.0. The number of nitrogens with two attached hydrogens (primary N) is 1. The van der Waals surface area contributed by atoms with Crippen molar-refractivity contribution >= 4 is 11.6 Å². The molecule has 0 fully saturated rings. The molecule has 0 aromatic carbocycles. The molecule has 1 heterocycles. The Morgan fingerprint density at radius 2 is 2.21 bits per heavy atom. The van der Waals surface area contributed by atoms with Gasteiger partial charge in [-0.1, -0.05) is 13.8 Å². The number of nitro groups is 1. The summed E-state index contributed by atoms with van der Waals surface area (Å²) in [6, 6.07) is 1.27. The van der Waals surface area contributed by atoms with E-state index < -0.39 is 4.92 Å². The van der Waals surface area contributed by atoms with Crippen LogP contribution in [0.3, 0.4) is 0 Å². The first kappa shape index (κ1) is 15.2. The van der Waals surface area contributed by atoms with Gasteiger partial charge in [-0.3, -0.25) is 14.9 Å². The van der Waals surface area contributed by atoms with Crippen LogP contribution in [0.1, 0.15) is 30.8 Å². The lowest BCUT2D eigenvalue weighted by Gasteiger charge is -2.21. The van der Waals surface area contributed by atoms with Gasteiger partial charge in [-0.15, -0.1) is 0 Å². The molecule has 3 N–H and O–H groups in total. The van der Waals surface area contributed by atoms with Crippen molar-refractivity contribution in [2.24, 2.45) is 11.7 Å². The number of amides is 1. The van der Waals surface area contributed by atoms with Gasteiger partial charge in [0.1, 0.15) is 5.69 Å². The Labute approximate surface area is 111 Å². The molecule has 7 nitrogen and oxygen atoms in total. The Hall–Kier alpha value is -1.89. The molecule has 1 atom stereocenters. The van der Waals surface area contributed by atoms with Gasteiger partial charge in [0.2, 0.25) is 0 Å². The summed E-state index contributed by atoms with van der Waals surface area (Å²) in [7, 11) is 1.65. The summed E-state index contributed by atoms with van der Waals surface area (Å²) in [6.45, 7) is 4.58. The zero-order valence-electron chi connectivity index (χ0n) is 11.4. The molecule has 0 saturated heterocycles. The second-order valence-corrected chi connectivity index (χ2v) is 4.95. The van der Waals surface area contributed by atoms with Crippen LogP contribution in [-0.2, 0) is 0 Å². The standard InChI is InChI=1S/C12H20N4O3/c1-8(2)10(13)4-5-15(3)12(17)11-6-9(7-14-11)16(18)19/h6-8,10,14H,4-5,13H2,1-3H3. The van der Waals surface area contributed by atoms with E-state index in [-0.39, 0.29) is 23.3 Å². The van der Waals surface area contributed by atoms with E-state index in [1.54, 1.807) is 7.05 Å². The minimum Gasteiger partial charge on any atom is -0.351 e. The van der Waals surface area contributed by atoms with Crippen molar-refractivity contribution in [3.8, 4) is 0 Å². The summed E-state index contributed by atoms with van der Waals surface area (Å²) in [5, 5.41) is 10.5. The highest BCUT2D eigenvalue weighted by molar-refractivity contribution is 5.93. The SMILES string of the molecule is CC(C)C(N)CCN(C)C(=O)c1cc([N+](=O)[O-])c[nH]1. The molecule has 1 rings (SSSR count). The maximum Gasteiger partial charge on any atom is 0.287 e. The molecule has 7 heteroatoms. The second-order valence-electron chi connectivity index (χ2n) is 4.95. The van der Waals surface area contributed by atoms with Crippen LogP contribution >= 0.6 is 0 Å². The lowest BCUT2D eigenvalue weighted by molar-refractivity contribution is -0.384. The molecule has 0 aliphatic carbocycles. The molecule has 0 aliphatic heterocycles. The summed E-state index contributed by atoms with van der Waals surface area (Å²) in [4.78, 5) is 26.1. The van der Waals surface area contributed by atoms with Crippen LogP contribution in [0.4, 0.5) is 5.69 Å². The van der Waals surface area contributed by atoms with Gasteiger partial charge in [-0.25, -0.2) is 0 Å². The van der Waals surface area contributed by atoms with E-state index in [4.69, 9.17) is 5.73 Å². The van der Waals surface area contributed by atoms with Crippen LogP contribution in [0.2, 0.25) is 0 Å². The lowest BCUT2D eigenvalue weighted by Crippen LogP contribution is -2.34. The first-order chi connectivity index (χ1) is 8.82. The Morgan fingerprint density at radius 3 is 2.68 bits per heavy atom. The highest BCUT2D eigenvalue weighted by Crippen LogP contribution is 2.14. The summed E-state index contributed by atoms with van der Waals surface area (Å²) >= 11 is 0. The molecule has 19 heavy (non-hydrogen) atoms. The topological polar surface area (TPSA) is 105 Å². The Kier molecular flexibility index (Phi) is 5.05. The summed E-state index contributed by atoms with van der Waals surface area (Å²) in [6.07, 6.45) is 1.91. The number of aromatic amines is 1. The molecule has 1 aromatic rings. The first-order valence-corrected chi connectivity index (χ1v) is 6.16. The van der Waals surface area contributed by atoms with Crippen LogP contribution in [0.25, 0.3) is 0 Å². The van der Waals surface area contributed by atoms with Crippen molar-refractivity contribution in [2.75, 3.05) is 13.6 Å². The smallest absolute Gasteiger partial charge is 0.287 e. The average molecular weight is 268 g/mol. The summed E-state index contributed by atoms with van der Waals surface area (Å²) in [5.74, 6) is 0.0825. The molecule has 0 aliphatic rings. The second kappa shape index (κ2) is 6.33. The molecule has 106 valence electrons. The third-order valence-electron chi connectivity index (χ3n) is 3.11. The Bertz CT molecular complexity index is 456. The third kappa shape index (κ3) is 4.06. The first-order valence-electron chi connectivity index (χ1n) is 6.16. The van der Waals surface area contributed by atoms with Crippen molar-refractivity contribution in [1.29, 1.82) is 0 Å².